The van der Waals surface area contributed by atoms with Crippen molar-refractivity contribution >= 4 is 0 Å². The van der Waals surface area contributed by atoms with Crippen molar-refractivity contribution in [2.75, 3.05) is 0 Å². The highest BCUT2D eigenvalue weighted by Gasteiger charge is 2.30. The molecule has 0 aromatic heterocycles. The van der Waals surface area contributed by atoms with Crippen molar-refractivity contribution in [3.63, 3.8) is 0 Å². The molecular weight excluding hydrogens is 296 g/mol. The first-order chi connectivity index (χ1) is 9.70. The zero-order valence-corrected chi connectivity index (χ0v) is 10.4. The first kappa shape index (κ1) is 15.4. The molecule has 2 aromatic rings. The van der Waals surface area contributed by atoms with Gasteiger partial charge in [-0.1, -0.05) is 12.1 Å². The highest BCUT2D eigenvalue weighted by Crippen LogP contribution is 2.31. The number of benzene rings is 2. The van der Waals surface area contributed by atoms with Crippen molar-refractivity contribution < 1.29 is 26.3 Å². The molecule has 0 aliphatic heterocycles. The van der Waals surface area contributed by atoms with Crippen LogP contribution in [0.5, 0.6) is 0 Å². The van der Waals surface area contributed by atoms with E-state index < -0.39 is 40.8 Å². The summed E-state index contributed by atoms with van der Waals surface area (Å²) in [5, 5.41) is 0. The maximum Gasteiger partial charge on any atom is 0.416 e. The third-order valence-corrected chi connectivity index (χ3v) is 2.95. The first-order valence-electron chi connectivity index (χ1n) is 5.77. The van der Waals surface area contributed by atoms with Crippen LogP contribution in [0, 0.1) is 17.5 Å². The van der Waals surface area contributed by atoms with Gasteiger partial charge in [-0.2, -0.15) is 13.2 Å². The molecular formula is C14H9F6N. The van der Waals surface area contributed by atoms with Crippen LogP contribution in [0.4, 0.5) is 26.3 Å². The van der Waals surface area contributed by atoms with E-state index in [2.05, 4.69) is 0 Å². The van der Waals surface area contributed by atoms with Crippen molar-refractivity contribution in [1.82, 2.24) is 0 Å². The molecule has 1 nitrogen and oxygen atoms in total. The third kappa shape index (κ3) is 3.18. The monoisotopic (exact) mass is 305 g/mol. The van der Waals surface area contributed by atoms with Crippen molar-refractivity contribution in [2.24, 2.45) is 5.73 Å². The van der Waals surface area contributed by atoms with E-state index in [1.807, 2.05) is 0 Å². The Morgan fingerprint density at radius 2 is 1.33 bits per heavy atom. The van der Waals surface area contributed by atoms with Gasteiger partial charge in [-0.25, -0.2) is 13.2 Å². The van der Waals surface area contributed by atoms with E-state index in [0.717, 1.165) is 24.3 Å². The van der Waals surface area contributed by atoms with Crippen molar-refractivity contribution in [2.45, 2.75) is 12.2 Å². The summed E-state index contributed by atoms with van der Waals surface area (Å²) in [6.45, 7) is 0. The maximum atomic E-state index is 13.6. The van der Waals surface area contributed by atoms with E-state index in [1.54, 1.807) is 0 Å². The highest BCUT2D eigenvalue weighted by molar-refractivity contribution is 5.35. The van der Waals surface area contributed by atoms with Crippen LogP contribution in [-0.4, -0.2) is 0 Å². The fourth-order valence-electron chi connectivity index (χ4n) is 1.90. The second-order valence-electron chi connectivity index (χ2n) is 4.38. The van der Waals surface area contributed by atoms with Crippen LogP contribution in [0.15, 0.2) is 36.4 Å². The van der Waals surface area contributed by atoms with E-state index in [4.69, 9.17) is 5.73 Å². The molecule has 0 fully saturated rings. The summed E-state index contributed by atoms with van der Waals surface area (Å²) in [6.07, 6.45) is -4.52. The van der Waals surface area contributed by atoms with Crippen LogP contribution in [0.25, 0.3) is 0 Å². The van der Waals surface area contributed by atoms with E-state index in [-0.39, 0.29) is 5.56 Å². The normalized spacial score (nSPS) is 13.3. The minimum atomic E-state index is -4.52. The fraction of sp³-hybridized carbons (Fsp3) is 0.143. The molecule has 1 unspecified atom stereocenters. The Labute approximate surface area is 116 Å². The van der Waals surface area contributed by atoms with Crippen LogP contribution >= 0.6 is 0 Å². The Morgan fingerprint density at radius 1 is 0.857 bits per heavy atom. The van der Waals surface area contributed by atoms with E-state index in [1.165, 1.54) is 0 Å². The predicted molar refractivity (Wildman–Crippen MR) is 63.8 cm³/mol. The van der Waals surface area contributed by atoms with Gasteiger partial charge in [-0.3, -0.25) is 0 Å². The zero-order valence-electron chi connectivity index (χ0n) is 10.4. The molecule has 0 radical (unpaired) electrons. The van der Waals surface area contributed by atoms with E-state index in [9.17, 15) is 26.3 Å². The summed E-state index contributed by atoms with van der Waals surface area (Å²) in [6, 6.07) is 3.15. The molecule has 0 aliphatic rings. The van der Waals surface area contributed by atoms with Gasteiger partial charge >= 0.3 is 6.18 Å². The zero-order chi connectivity index (χ0) is 15.8. The number of alkyl halides is 3. The number of nitrogens with two attached hydrogens (primary N) is 1. The van der Waals surface area contributed by atoms with Gasteiger partial charge in [-0.15, -0.1) is 0 Å². The minimum absolute atomic E-state index is 0.0763. The van der Waals surface area contributed by atoms with Crippen LogP contribution in [0.3, 0.4) is 0 Å². The molecule has 2 aromatic carbocycles. The van der Waals surface area contributed by atoms with Gasteiger partial charge in [0.1, 0.15) is 17.5 Å². The summed E-state index contributed by atoms with van der Waals surface area (Å²) in [4.78, 5) is 0. The molecule has 0 amide bonds. The van der Waals surface area contributed by atoms with E-state index >= 15 is 0 Å². The summed E-state index contributed by atoms with van der Waals surface area (Å²) in [5.41, 5.74) is 4.21. The van der Waals surface area contributed by atoms with Gasteiger partial charge in [0.15, 0.2) is 0 Å². The Morgan fingerprint density at radius 3 is 1.76 bits per heavy atom. The number of halogens is 6. The average Bonchev–Trinajstić information content (AvgIpc) is 2.36. The molecule has 21 heavy (non-hydrogen) atoms. The van der Waals surface area contributed by atoms with Gasteiger partial charge in [0.05, 0.1) is 11.6 Å². The third-order valence-electron chi connectivity index (χ3n) is 2.95. The number of rotatable bonds is 2. The van der Waals surface area contributed by atoms with Gasteiger partial charge in [0, 0.05) is 17.7 Å². The maximum absolute atomic E-state index is 13.6. The fourth-order valence-corrected chi connectivity index (χ4v) is 1.90. The second kappa shape index (κ2) is 5.40. The lowest BCUT2D eigenvalue weighted by molar-refractivity contribution is -0.137. The van der Waals surface area contributed by atoms with Gasteiger partial charge in [-0.05, 0) is 17.7 Å². The molecule has 0 aliphatic carbocycles. The molecule has 0 spiro atoms. The summed E-state index contributed by atoms with van der Waals surface area (Å²) < 4.78 is 77.2. The summed E-state index contributed by atoms with van der Waals surface area (Å²) in [7, 11) is 0. The van der Waals surface area contributed by atoms with Crippen molar-refractivity contribution in [3.05, 3.63) is 70.5 Å². The van der Waals surface area contributed by atoms with Gasteiger partial charge < -0.3 is 5.73 Å². The highest BCUT2D eigenvalue weighted by atomic mass is 19.4. The average molecular weight is 305 g/mol. The SMILES string of the molecule is NC(c1ccc(C(F)(F)F)cc1)c1c(F)cc(F)cc1F. The van der Waals surface area contributed by atoms with Crippen LogP contribution < -0.4 is 5.73 Å². The Hall–Kier alpha value is -2.02. The van der Waals surface area contributed by atoms with Gasteiger partial charge in [0.2, 0.25) is 0 Å². The molecule has 2 N–H and O–H groups in total. The largest absolute Gasteiger partial charge is 0.416 e. The molecule has 0 saturated carbocycles. The van der Waals surface area contributed by atoms with Crippen LogP contribution in [-0.2, 0) is 6.18 Å². The lowest BCUT2D eigenvalue weighted by Crippen LogP contribution is -2.16. The molecule has 112 valence electrons. The molecule has 0 saturated heterocycles. The van der Waals surface area contributed by atoms with Crippen molar-refractivity contribution in [1.29, 1.82) is 0 Å². The lowest BCUT2D eigenvalue weighted by atomic mass is 9.97. The Kier molecular flexibility index (Phi) is 3.95. The van der Waals surface area contributed by atoms with Gasteiger partial charge in [0.25, 0.3) is 0 Å². The summed E-state index contributed by atoms with van der Waals surface area (Å²) in [5.74, 6) is -3.49. The minimum Gasteiger partial charge on any atom is -0.320 e. The first-order valence-corrected chi connectivity index (χ1v) is 5.77. The lowest BCUT2D eigenvalue weighted by Gasteiger charge is -2.15. The summed E-state index contributed by atoms with van der Waals surface area (Å²) >= 11 is 0. The van der Waals surface area contributed by atoms with Crippen LogP contribution in [0.2, 0.25) is 0 Å². The molecule has 7 heteroatoms. The number of hydrogen-bond acceptors (Lipinski definition) is 1. The van der Waals surface area contributed by atoms with Crippen LogP contribution in [0.1, 0.15) is 22.7 Å². The Bertz CT molecular complexity index is 624. The van der Waals surface area contributed by atoms with Crippen molar-refractivity contribution in [3.8, 4) is 0 Å². The molecule has 0 bridgehead atoms. The smallest absolute Gasteiger partial charge is 0.320 e. The molecule has 0 heterocycles. The molecule has 1 atom stereocenters. The van der Waals surface area contributed by atoms with E-state index in [0.29, 0.717) is 12.1 Å². The predicted octanol–water partition coefficient (Wildman–Crippen LogP) is 4.17. The second-order valence-corrected chi connectivity index (χ2v) is 4.38. The topological polar surface area (TPSA) is 26.0 Å². The quantitative estimate of drug-likeness (QED) is 0.828. The number of hydrogen-bond donors (Lipinski definition) is 1. The Balaban J connectivity index is 2.39. The standard InChI is InChI=1S/C14H9F6N/c15-9-5-10(16)12(11(17)6-9)13(21)7-1-3-8(4-2-7)14(18,19)20/h1-6,13H,21H2. The molecule has 2 rings (SSSR count).